The molecule has 20 heavy (non-hydrogen) atoms. The highest BCUT2D eigenvalue weighted by atomic mass is 16.5. The van der Waals surface area contributed by atoms with Gasteiger partial charge in [-0.3, -0.25) is 9.59 Å². The lowest BCUT2D eigenvalue weighted by Gasteiger charge is -2.21. The van der Waals surface area contributed by atoms with Gasteiger partial charge in [-0.1, -0.05) is 0 Å². The van der Waals surface area contributed by atoms with Crippen LogP contribution in [0.5, 0.6) is 0 Å². The molecule has 9 heteroatoms. The molecule has 1 heterocycles. The number of carbonyl (C=O) groups is 4. The molecule has 0 radical (unpaired) electrons. The number of rotatable bonds is 3. The summed E-state index contributed by atoms with van der Waals surface area (Å²) >= 11 is 0. The minimum Gasteiger partial charge on any atom is -0.467 e. The maximum atomic E-state index is 12.0. The van der Waals surface area contributed by atoms with Gasteiger partial charge in [-0.15, -0.1) is 0 Å². The van der Waals surface area contributed by atoms with Gasteiger partial charge in [0.25, 0.3) is 0 Å². The fourth-order valence-electron chi connectivity index (χ4n) is 1.79. The normalized spacial score (nSPS) is 17.6. The number of nitrogens with zero attached hydrogens (tertiary/aromatic N) is 2. The Morgan fingerprint density at radius 1 is 1.20 bits per heavy atom. The van der Waals surface area contributed by atoms with Crippen molar-refractivity contribution in [3.8, 4) is 0 Å². The first kappa shape index (κ1) is 15.7. The molecule has 0 bridgehead atoms. The molecule has 3 amide bonds. The van der Waals surface area contributed by atoms with Gasteiger partial charge in [0.2, 0.25) is 11.8 Å². The SMILES string of the molecule is COC(=O)NCC(=O)N1CN(C(C)=O)C[C@H]1C(=O)OC. The summed E-state index contributed by atoms with van der Waals surface area (Å²) in [4.78, 5) is 48.4. The summed E-state index contributed by atoms with van der Waals surface area (Å²) in [7, 11) is 2.37. The molecule has 0 aromatic heterocycles. The van der Waals surface area contributed by atoms with Gasteiger partial charge < -0.3 is 24.6 Å². The number of methoxy groups -OCH3 is 2. The quantitative estimate of drug-likeness (QED) is 0.635. The van der Waals surface area contributed by atoms with Crippen LogP contribution < -0.4 is 5.32 Å². The average molecular weight is 287 g/mol. The second-order valence-electron chi connectivity index (χ2n) is 4.13. The Hall–Kier alpha value is -2.32. The Balaban J connectivity index is 2.72. The first-order chi connectivity index (χ1) is 9.40. The minimum atomic E-state index is -0.865. The van der Waals surface area contributed by atoms with E-state index in [0.717, 1.165) is 0 Å². The van der Waals surface area contributed by atoms with Crippen LogP contribution in [0.15, 0.2) is 0 Å². The summed E-state index contributed by atoms with van der Waals surface area (Å²) in [6.07, 6.45) is -0.754. The van der Waals surface area contributed by atoms with E-state index in [1.165, 1.54) is 30.9 Å². The standard InChI is InChI=1S/C11H17N3O6/c1-7(15)13-5-8(10(17)19-2)14(6-13)9(16)4-12-11(18)20-3/h8H,4-6H2,1-3H3,(H,12,18)/t8-/m0/s1. The van der Waals surface area contributed by atoms with Crippen molar-refractivity contribution in [1.29, 1.82) is 0 Å². The van der Waals surface area contributed by atoms with E-state index in [9.17, 15) is 19.2 Å². The van der Waals surface area contributed by atoms with Gasteiger partial charge >= 0.3 is 12.1 Å². The number of carbonyl (C=O) groups excluding carboxylic acids is 4. The molecule has 0 saturated carbocycles. The van der Waals surface area contributed by atoms with Crippen molar-refractivity contribution in [3.63, 3.8) is 0 Å². The lowest BCUT2D eigenvalue weighted by Crippen LogP contribution is -2.46. The summed E-state index contributed by atoms with van der Waals surface area (Å²) < 4.78 is 8.95. The van der Waals surface area contributed by atoms with Crippen LogP contribution in [0.1, 0.15) is 6.92 Å². The van der Waals surface area contributed by atoms with Crippen LogP contribution in [0.4, 0.5) is 4.79 Å². The smallest absolute Gasteiger partial charge is 0.407 e. The van der Waals surface area contributed by atoms with Gasteiger partial charge in [0.15, 0.2) is 0 Å². The fraction of sp³-hybridized carbons (Fsp3) is 0.636. The van der Waals surface area contributed by atoms with Crippen molar-refractivity contribution in [1.82, 2.24) is 15.1 Å². The predicted molar refractivity (Wildman–Crippen MR) is 65.3 cm³/mol. The van der Waals surface area contributed by atoms with Crippen LogP contribution in [0, 0.1) is 0 Å². The summed E-state index contributed by atoms with van der Waals surface area (Å²) in [5.74, 6) is -1.37. The number of nitrogens with one attached hydrogen (secondary N) is 1. The van der Waals surface area contributed by atoms with Crippen molar-refractivity contribution < 1.29 is 28.7 Å². The highest BCUT2D eigenvalue weighted by Gasteiger charge is 2.40. The van der Waals surface area contributed by atoms with Crippen molar-refractivity contribution >= 4 is 23.9 Å². The van der Waals surface area contributed by atoms with E-state index in [1.807, 2.05) is 0 Å². The van der Waals surface area contributed by atoms with Crippen LogP contribution in [0.2, 0.25) is 0 Å². The van der Waals surface area contributed by atoms with Gasteiger partial charge in [-0.05, 0) is 0 Å². The van der Waals surface area contributed by atoms with Crippen LogP contribution in [0.25, 0.3) is 0 Å². The van der Waals surface area contributed by atoms with E-state index in [2.05, 4.69) is 14.8 Å². The molecule has 0 unspecified atom stereocenters. The van der Waals surface area contributed by atoms with Gasteiger partial charge in [0.05, 0.1) is 27.4 Å². The summed E-state index contributed by atoms with van der Waals surface area (Å²) in [5.41, 5.74) is 0. The summed E-state index contributed by atoms with van der Waals surface area (Å²) in [6, 6.07) is -0.865. The molecular formula is C11H17N3O6. The lowest BCUT2D eigenvalue weighted by atomic mass is 10.2. The van der Waals surface area contributed by atoms with E-state index in [4.69, 9.17) is 0 Å². The van der Waals surface area contributed by atoms with Crippen LogP contribution in [-0.2, 0) is 23.9 Å². The molecule has 1 aliphatic heterocycles. The van der Waals surface area contributed by atoms with Crippen LogP contribution >= 0.6 is 0 Å². The Morgan fingerprint density at radius 3 is 2.35 bits per heavy atom. The van der Waals surface area contributed by atoms with Gasteiger partial charge in [0.1, 0.15) is 12.6 Å². The Bertz CT molecular complexity index is 424. The zero-order chi connectivity index (χ0) is 15.3. The summed E-state index contributed by atoms with van der Waals surface area (Å²) in [5, 5.41) is 2.22. The molecule has 1 N–H and O–H groups in total. The molecular weight excluding hydrogens is 270 g/mol. The monoisotopic (exact) mass is 287 g/mol. The molecule has 112 valence electrons. The molecule has 0 aromatic carbocycles. The van der Waals surface area contributed by atoms with Crippen molar-refractivity contribution in [2.45, 2.75) is 13.0 Å². The van der Waals surface area contributed by atoms with E-state index >= 15 is 0 Å². The van der Waals surface area contributed by atoms with E-state index in [1.54, 1.807) is 0 Å². The predicted octanol–water partition coefficient (Wildman–Crippen LogP) is -1.47. The maximum absolute atomic E-state index is 12.0. The fourth-order valence-corrected chi connectivity index (χ4v) is 1.79. The third-order valence-corrected chi connectivity index (χ3v) is 2.90. The first-order valence-electron chi connectivity index (χ1n) is 5.85. The molecule has 1 aliphatic rings. The van der Waals surface area contributed by atoms with Gasteiger partial charge in [-0.2, -0.15) is 0 Å². The summed E-state index contributed by atoms with van der Waals surface area (Å²) in [6.45, 7) is 1.07. The minimum absolute atomic E-state index is 0.0171. The van der Waals surface area contributed by atoms with E-state index in [-0.39, 0.29) is 25.7 Å². The highest BCUT2D eigenvalue weighted by Crippen LogP contribution is 2.14. The largest absolute Gasteiger partial charge is 0.467 e. The average Bonchev–Trinajstić information content (AvgIpc) is 2.88. The number of alkyl carbamates (subject to hydrolysis) is 1. The molecule has 1 atom stereocenters. The number of hydrogen-bond acceptors (Lipinski definition) is 6. The van der Waals surface area contributed by atoms with Crippen molar-refractivity contribution in [2.75, 3.05) is 34.0 Å². The number of amides is 3. The second-order valence-corrected chi connectivity index (χ2v) is 4.13. The highest BCUT2D eigenvalue weighted by molar-refractivity contribution is 5.89. The molecule has 1 rings (SSSR count). The number of hydrogen-bond donors (Lipinski definition) is 1. The topological polar surface area (TPSA) is 105 Å². The van der Waals surface area contributed by atoms with Gasteiger partial charge in [0, 0.05) is 6.92 Å². The van der Waals surface area contributed by atoms with Crippen LogP contribution in [-0.4, -0.2) is 73.7 Å². The first-order valence-corrected chi connectivity index (χ1v) is 5.85. The molecule has 0 spiro atoms. The Morgan fingerprint density at radius 2 is 1.85 bits per heavy atom. The maximum Gasteiger partial charge on any atom is 0.407 e. The van der Waals surface area contributed by atoms with Crippen molar-refractivity contribution in [3.05, 3.63) is 0 Å². The zero-order valence-corrected chi connectivity index (χ0v) is 11.5. The van der Waals surface area contributed by atoms with Gasteiger partial charge in [-0.25, -0.2) is 9.59 Å². The second kappa shape index (κ2) is 6.73. The number of ether oxygens (including phenoxy) is 2. The van der Waals surface area contributed by atoms with Crippen LogP contribution in [0.3, 0.4) is 0 Å². The Labute approximate surface area is 115 Å². The van der Waals surface area contributed by atoms with E-state index < -0.39 is 24.0 Å². The number of esters is 1. The molecule has 0 aliphatic carbocycles. The molecule has 0 aromatic rings. The Kier molecular flexibility index (Phi) is 5.30. The van der Waals surface area contributed by atoms with Crippen molar-refractivity contribution in [2.24, 2.45) is 0 Å². The lowest BCUT2D eigenvalue weighted by molar-refractivity contribution is -0.150. The molecule has 9 nitrogen and oxygen atoms in total. The third kappa shape index (κ3) is 3.59. The zero-order valence-electron chi connectivity index (χ0n) is 11.5. The third-order valence-electron chi connectivity index (χ3n) is 2.90. The molecule has 1 saturated heterocycles. The molecule has 1 fully saturated rings. The van der Waals surface area contributed by atoms with E-state index in [0.29, 0.717) is 0 Å².